The number of carbonyl (C=O) groups is 1. The molecule has 4 nitrogen and oxygen atoms in total. The molecular formula is C15H17N3OS. The van der Waals surface area contributed by atoms with Gasteiger partial charge < -0.3 is 5.32 Å². The average molecular weight is 287 g/mol. The zero-order valence-corrected chi connectivity index (χ0v) is 12.4. The molecule has 0 amide bonds. The van der Waals surface area contributed by atoms with Crippen LogP contribution in [0.15, 0.2) is 36.8 Å². The normalized spacial score (nSPS) is 11.7. The molecule has 0 aliphatic rings. The lowest BCUT2D eigenvalue weighted by molar-refractivity contribution is 0.112. The largest absolute Gasteiger partial charge is 0.355 e. The number of hydrogen-bond donors (Lipinski definition) is 2. The molecule has 0 fully saturated rings. The molecule has 0 radical (unpaired) electrons. The molecule has 0 saturated carbocycles. The lowest BCUT2D eigenvalue weighted by Gasteiger charge is -2.15. The highest BCUT2D eigenvalue weighted by Crippen LogP contribution is 2.30. The Bertz CT molecular complexity index is 701. The van der Waals surface area contributed by atoms with Crippen molar-refractivity contribution in [3.63, 3.8) is 0 Å². The Hall–Kier alpha value is -2.01. The van der Waals surface area contributed by atoms with Gasteiger partial charge in [-0.05, 0) is 25.5 Å². The first kappa shape index (κ1) is 14.4. The number of allylic oxidation sites excluding steroid dienone is 2. The number of thiol groups is 1. The molecule has 0 unspecified atom stereocenters. The quantitative estimate of drug-likeness (QED) is 0.502. The summed E-state index contributed by atoms with van der Waals surface area (Å²) in [6.07, 6.45) is 6.87. The third-order valence-electron chi connectivity index (χ3n) is 3.23. The molecule has 20 heavy (non-hydrogen) atoms. The average Bonchev–Trinajstić information content (AvgIpc) is 2.84. The van der Waals surface area contributed by atoms with Crippen LogP contribution in [0.25, 0.3) is 11.0 Å². The fourth-order valence-electron chi connectivity index (χ4n) is 2.20. The smallest absolute Gasteiger partial charge is 0.152 e. The van der Waals surface area contributed by atoms with Crippen molar-refractivity contribution in [1.29, 1.82) is 0 Å². The second-order valence-electron chi connectivity index (χ2n) is 4.32. The Morgan fingerprint density at radius 1 is 1.60 bits per heavy atom. The van der Waals surface area contributed by atoms with Crippen LogP contribution in [-0.4, -0.2) is 15.2 Å². The van der Waals surface area contributed by atoms with Crippen LogP contribution in [0.3, 0.4) is 0 Å². The summed E-state index contributed by atoms with van der Waals surface area (Å²) >= 11 is 4.30. The summed E-state index contributed by atoms with van der Waals surface area (Å²) in [5.74, 6) is 0. The number of rotatable bonds is 5. The van der Waals surface area contributed by atoms with Gasteiger partial charge in [0.2, 0.25) is 0 Å². The molecule has 1 aromatic carbocycles. The van der Waals surface area contributed by atoms with Gasteiger partial charge in [0.05, 0.1) is 16.7 Å². The summed E-state index contributed by atoms with van der Waals surface area (Å²) in [5.41, 5.74) is 4.92. The molecule has 0 bridgehead atoms. The second kappa shape index (κ2) is 5.96. The van der Waals surface area contributed by atoms with Crippen molar-refractivity contribution in [3.8, 4) is 0 Å². The van der Waals surface area contributed by atoms with Gasteiger partial charge in [-0.1, -0.05) is 32.4 Å². The van der Waals surface area contributed by atoms with Crippen LogP contribution in [0, 0.1) is 0 Å². The number of nitrogens with zero attached hydrogens (tertiary/aromatic N) is 2. The molecule has 0 aliphatic carbocycles. The minimum absolute atomic E-state index is 0.589. The van der Waals surface area contributed by atoms with E-state index in [9.17, 15) is 4.79 Å². The van der Waals surface area contributed by atoms with Gasteiger partial charge in [0.15, 0.2) is 6.29 Å². The van der Waals surface area contributed by atoms with E-state index in [1.165, 1.54) is 0 Å². The number of aryl methyl sites for hydroxylation is 1. The first-order valence-electron chi connectivity index (χ1n) is 6.39. The zero-order chi connectivity index (χ0) is 14.7. The molecule has 104 valence electrons. The van der Waals surface area contributed by atoms with E-state index in [2.05, 4.69) is 29.7 Å². The maximum absolute atomic E-state index is 11.4. The van der Waals surface area contributed by atoms with E-state index in [1.807, 2.05) is 19.9 Å². The van der Waals surface area contributed by atoms with Crippen LogP contribution in [0.1, 0.15) is 29.8 Å². The van der Waals surface area contributed by atoms with Crippen LogP contribution in [0.4, 0.5) is 5.69 Å². The van der Waals surface area contributed by atoms with Crippen molar-refractivity contribution in [2.45, 2.75) is 20.3 Å². The van der Waals surface area contributed by atoms with Crippen molar-refractivity contribution >= 4 is 35.8 Å². The summed E-state index contributed by atoms with van der Waals surface area (Å²) < 4.78 is 1.62. The first-order valence-corrected chi connectivity index (χ1v) is 6.79. The van der Waals surface area contributed by atoms with Crippen molar-refractivity contribution < 1.29 is 4.79 Å². The summed E-state index contributed by atoms with van der Waals surface area (Å²) in [6, 6.07) is 1.79. The van der Waals surface area contributed by atoms with Crippen molar-refractivity contribution in [3.05, 3.63) is 47.9 Å². The summed E-state index contributed by atoms with van der Waals surface area (Å²) in [4.78, 5) is 15.8. The van der Waals surface area contributed by atoms with Gasteiger partial charge in [0, 0.05) is 16.8 Å². The van der Waals surface area contributed by atoms with Crippen molar-refractivity contribution in [2.24, 2.45) is 0 Å². The predicted octanol–water partition coefficient (Wildman–Crippen LogP) is 3.61. The minimum Gasteiger partial charge on any atom is -0.355 e. The fourth-order valence-corrected chi connectivity index (χ4v) is 2.40. The molecule has 0 aliphatic heterocycles. The van der Waals surface area contributed by atoms with Gasteiger partial charge in [0.25, 0.3) is 0 Å². The van der Waals surface area contributed by atoms with E-state index in [4.69, 9.17) is 0 Å². The molecule has 0 spiro atoms. The summed E-state index contributed by atoms with van der Waals surface area (Å²) in [5, 5.41) is 3.26. The molecule has 0 saturated heterocycles. The number of aldehydes is 1. The van der Waals surface area contributed by atoms with Gasteiger partial charge in [-0.25, -0.2) is 4.98 Å². The Morgan fingerprint density at radius 3 is 2.90 bits per heavy atom. The topological polar surface area (TPSA) is 46.9 Å². The number of hydrogen-bond acceptors (Lipinski definition) is 4. The Labute approximate surface area is 123 Å². The Morgan fingerprint density at radius 2 is 2.35 bits per heavy atom. The lowest BCUT2D eigenvalue weighted by atomic mass is 10.0. The lowest BCUT2D eigenvalue weighted by Crippen LogP contribution is -2.05. The van der Waals surface area contributed by atoms with E-state index in [0.29, 0.717) is 5.56 Å². The molecule has 1 aromatic heterocycles. The van der Waals surface area contributed by atoms with Crippen molar-refractivity contribution in [2.75, 3.05) is 5.32 Å². The third-order valence-corrected chi connectivity index (χ3v) is 3.55. The molecule has 2 rings (SSSR count). The van der Waals surface area contributed by atoms with Gasteiger partial charge in [0.1, 0.15) is 6.33 Å². The van der Waals surface area contributed by atoms with Crippen molar-refractivity contribution in [1.82, 2.24) is 8.96 Å². The molecular weight excluding hydrogens is 270 g/mol. The van der Waals surface area contributed by atoms with Gasteiger partial charge >= 0.3 is 0 Å². The molecule has 1 N–H and O–H groups in total. The Balaban J connectivity index is 2.73. The van der Waals surface area contributed by atoms with Gasteiger partial charge in [-0.3, -0.25) is 8.77 Å². The highest BCUT2D eigenvalue weighted by Gasteiger charge is 2.15. The Kier molecular flexibility index (Phi) is 4.29. The van der Waals surface area contributed by atoms with Gasteiger partial charge in [-0.2, -0.15) is 0 Å². The van der Waals surface area contributed by atoms with Crippen LogP contribution in [-0.2, 0) is 6.42 Å². The number of anilines is 1. The first-order chi connectivity index (χ1) is 9.65. The maximum atomic E-state index is 11.4. The highest BCUT2D eigenvalue weighted by molar-refractivity contribution is 7.78. The maximum Gasteiger partial charge on any atom is 0.152 e. The number of aromatic nitrogens is 2. The number of benzene rings is 1. The number of nitrogens with one attached hydrogen (secondary N) is 1. The number of imidazole rings is 1. The van der Waals surface area contributed by atoms with E-state index >= 15 is 0 Å². The predicted molar refractivity (Wildman–Crippen MR) is 86.5 cm³/mol. The molecule has 2 aromatic rings. The van der Waals surface area contributed by atoms with Crippen LogP contribution >= 0.6 is 12.8 Å². The van der Waals surface area contributed by atoms with E-state index in [-0.39, 0.29) is 0 Å². The zero-order valence-electron chi connectivity index (χ0n) is 11.6. The number of carbonyl (C=O) groups excluding carboxylic acids is 1. The standard InChI is InChI=1S/C15H17N3OS/c1-4-11(5-2)17-14-10(8-19)7-13-15(12(14)6-3)16-9-18(13)20/h4-5,7-9,17,20H,1,6H2,2-3H3/b11-5+. The number of fused-ring (bicyclic) bond motifs is 1. The molecule has 5 heteroatoms. The molecule has 1 heterocycles. The highest BCUT2D eigenvalue weighted by atomic mass is 32.1. The summed E-state index contributed by atoms with van der Waals surface area (Å²) in [6.45, 7) is 7.71. The van der Waals surface area contributed by atoms with E-state index < -0.39 is 0 Å². The SMILES string of the molecule is C=C/C(=C\C)Nc1c(C=O)cc2c(ncn2S)c1CC. The minimum atomic E-state index is 0.589. The van der Waals surface area contributed by atoms with Crippen LogP contribution in [0.5, 0.6) is 0 Å². The summed E-state index contributed by atoms with van der Waals surface area (Å²) in [7, 11) is 0. The monoisotopic (exact) mass is 287 g/mol. The molecule has 0 atom stereocenters. The van der Waals surface area contributed by atoms with E-state index in [0.717, 1.165) is 40.7 Å². The second-order valence-corrected chi connectivity index (χ2v) is 4.75. The van der Waals surface area contributed by atoms with Crippen LogP contribution in [0.2, 0.25) is 0 Å². The fraction of sp³-hybridized carbons (Fsp3) is 0.200. The van der Waals surface area contributed by atoms with Crippen LogP contribution < -0.4 is 5.32 Å². The third kappa shape index (κ3) is 2.36. The van der Waals surface area contributed by atoms with Gasteiger partial charge in [-0.15, -0.1) is 0 Å². The van der Waals surface area contributed by atoms with E-state index in [1.54, 1.807) is 22.4 Å².